The van der Waals surface area contributed by atoms with E-state index in [0.29, 0.717) is 36.5 Å². The first kappa shape index (κ1) is 27.4. The molecule has 1 saturated heterocycles. The van der Waals surface area contributed by atoms with Crippen LogP contribution in [0.25, 0.3) is 0 Å². The van der Waals surface area contributed by atoms with Crippen molar-refractivity contribution in [1.82, 2.24) is 14.5 Å². The predicted octanol–water partition coefficient (Wildman–Crippen LogP) is 2.74. The monoisotopic (exact) mass is 577 g/mol. The van der Waals surface area contributed by atoms with E-state index in [1.165, 1.54) is 15.2 Å². The number of rotatable bonds is 8. The number of carbonyl (C=O) groups is 1. The van der Waals surface area contributed by atoms with E-state index in [2.05, 4.69) is 33.1 Å². The van der Waals surface area contributed by atoms with Gasteiger partial charge >= 0.3 is 5.69 Å². The first-order valence-electron chi connectivity index (χ1n) is 12.7. The summed E-state index contributed by atoms with van der Waals surface area (Å²) in [5, 5.41) is 2.94. The van der Waals surface area contributed by atoms with Crippen molar-refractivity contribution in [2.75, 3.05) is 24.5 Å². The number of benzene rings is 2. The molecule has 198 valence electrons. The van der Waals surface area contributed by atoms with Crippen LogP contribution in [0.2, 0.25) is 0 Å². The first-order chi connectivity index (χ1) is 18.4. The molecule has 0 bridgehead atoms. The number of carbonyl (C=O) groups excluding carboxylic acids is 1. The summed E-state index contributed by atoms with van der Waals surface area (Å²) in [6.45, 7) is 3.75. The molecule has 4 rings (SSSR count). The fraction of sp³-hybridized carbons (Fsp3) is 0.345. The van der Waals surface area contributed by atoms with Crippen LogP contribution in [0.3, 0.4) is 0 Å². The summed E-state index contributed by atoms with van der Waals surface area (Å²) in [6, 6.07) is 16.4. The summed E-state index contributed by atoms with van der Waals surface area (Å²) in [5.74, 6) is 6.12. The van der Waals surface area contributed by atoms with Gasteiger partial charge in [0.1, 0.15) is 5.82 Å². The SMILES string of the molecule is CC#CCn1c(N2CCC[C@@H](N)C2)cc(=O)n(Cc2cccc(C(=O)NCCc3cccc(Br)c3)c2)c1=O. The van der Waals surface area contributed by atoms with Gasteiger partial charge in [-0.15, -0.1) is 5.92 Å². The van der Waals surface area contributed by atoms with Crippen molar-refractivity contribution < 1.29 is 4.79 Å². The molecule has 2 aromatic carbocycles. The zero-order valence-electron chi connectivity index (χ0n) is 21.5. The van der Waals surface area contributed by atoms with E-state index in [1.54, 1.807) is 31.2 Å². The third-order valence-electron chi connectivity index (χ3n) is 6.57. The molecule has 9 heteroatoms. The molecule has 3 aromatic rings. The van der Waals surface area contributed by atoms with Crippen LogP contribution in [-0.2, 0) is 19.5 Å². The molecule has 0 saturated carbocycles. The molecule has 1 atom stereocenters. The van der Waals surface area contributed by atoms with E-state index in [0.717, 1.165) is 29.4 Å². The van der Waals surface area contributed by atoms with Crippen molar-refractivity contribution in [3.05, 3.63) is 96.6 Å². The zero-order valence-corrected chi connectivity index (χ0v) is 23.0. The lowest BCUT2D eigenvalue weighted by Gasteiger charge is -2.33. The van der Waals surface area contributed by atoms with Crippen LogP contribution in [-0.4, -0.2) is 40.7 Å². The summed E-state index contributed by atoms with van der Waals surface area (Å²) in [6.07, 6.45) is 2.52. The van der Waals surface area contributed by atoms with Crippen LogP contribution in [0.1, 0.15) is 41.3 Å². The quantitative estimate of drug-likeness (QED) is 0.401. The Hall–Kier alpha value is -3.61. The number of piperidine rings is 1. The van der Waals surface area contributed by atoms with Gasteiger partial charge < -0.3 is 16.0 Å². The smallest absolute Gasteiger partial charge is 0.333 e. The van der Waals surface area contributed by atoms with E-state index in [9.17, 15) is 14.4 Å². The Morgan fingerprint density at radius 2 is 1.89 bits per heavy atom. The molecule has 1 fully saturated rings. The number of aromatic nitrogens is 2. The van der Waals surface area contributed by atoms with Gasteiger partial charge in [-0.25, -0.2) is 4.79 Å². The fourth-order valence-electron chi connectivity index (χ4n) is 4.65. The molecule has 2 heterocycles. The molecule has 1 amide bonds. The van der Waals surface area contributed by atoms with Crippen molar-refractivity contribution >= 4 is 27.7 Å². The predicted molar refractivity (Wildman–Crippen MR) is 154 cm³/mol. The van der Waals surface area contributed by atoms with Crippen molar-refractivity contribution in [3.63, 3.8) is 0 Å². The number of nitrogens with two attached hydrogens (primary N) is 1. The molecule has 0 unspecified atom stereocenters. The second kappa shape index (κ2) is 12.8. The number of hydrogen-bond donors (Lipinski definition) is 2. The molecule has 8 nitrogen and oxygen atoms in total. The molecular formula is C29H32BrN5O3. The maximum Gasteiger partial charge on any atom is 0.333 e. The highest BCUT2D eigenvalue weighted by atomic mass is 79.9. The van der Waals surface area contributed by atoms with E-state index in [-0.39, 0.29) is 25.0 Å². The van der Waals surface area contributed by atoms with Crippen molar-refractivity contribution in [1.29, 1.82) is 0 Å². The van der Waals surface area contributed by atoms with Crippen LogP contribution in [0.5, 0.6) is 0 Å². The van der Waals surface area contributed by atoms with Crippen molar-refractivity contribution in [2.45, 2.75) is 45.3 Å². The largest absolute Gasteiger partial charge is 0.356 e. The van der Waals surface area contributed by atoms with Crippen LogP contribution in [0.15, 0.2) is 68.7 Å². The Morgan fingerprint density at radius 3 is 2.66 bits per heavy atom. The molecule has 1 aliphatic rings. The van der Waals surface area contributed by atoms with Gasteiger partial charge in [0.25, 0.3) is 11.5 Å². The van der Waals surface area contributed by atoms with Gasteiger partial charge in [0.05, 0.1) is 13.1 Å². The third-order valence-corrected chi connectivity index (χ3v) is 7.06. The molecule has 0 radical (unpaired) electrons. The van der Waals surface area contributed by atoms with Gasteiger partial charge in [-0.05, 0) is 61.6 Å². The van der Waals surface area contributed by atoms with Gasteiger partial charge in [0.15, 0.2) is 0 Å². The first-order valence-corrected chi connectivity index (χ1v) is 13.5. The van der Waals surface area contributed by atoms with Crippen molar-refractivity contribution in [3.8, 4) is 11.8 Å². The Morgan fingerprint density at radius 1 is 1.11 bits per heavy atom. The fourth-order valence-corrected chi connectivity index (χ4v) is 5.09. The molecule has 38 heavy (non-hydrogen) atoms. The van der Waals surface area contributed by atoms with Gasteiger partial charge in [-0.1, -0.05) is 46.1 Å². The molecule has 1 aromatic heterocycles. The lowest BCUT2D eigenvalue weighted by molar-refractivity contribution is 0.0954. The van der Waals surface area contributed by atoms with Crippen LogP contribution < -0.4 is 27.2 Å². The van der Waals surface area contributed by atoms with Crippen LogP contribution >= 0.6 is 15.9 Å². The minimum atomic E-state index is -0.432. The van der Waals surface area contributed by atoms with Crippen LogP contribution in [0, 0.1) is 11.8 Å². The maximum absolute atomic E-state index is 13.5. The third kappa shape index (κ3) is 6.82. The molecular weight excluding hydrogens is 546 g/mol. The number of nitrogens with one attached hydrogen (secondary N) is 1. The van der Waals surface area contributed by atoms with Crippen LogP contribution in [0.4, 0.5) is 5.82 Å². The second-order valence-electron chi connectivity index (χ2n) is 9.41. The Kier molecular flexibility index (Phi) is 9.21. The van der Waals surface area contributed by atoms with Gasteiger partial charge in [0, 0.05) is 41.8 Å². The molecule has 0 spiro atoms. The summed E-state index contributed by atoms with van der Waals surface area (Å²) in [4.78, 5) is 41.4. The van der Waals surface area contributed by atoms with Gasteiger partial charge in [0.2, 0.25) is 0 Å². The molecule has 3 N–H and O–H groups in total. The average molecular weight is 579 g/mol. The number of amides is 1. The summed E-state index contributed by atoms with van der Waals surface area (Å²) < 4.78 is 3.72. The Balaban J connectivity index is 1.53. The number of anilines is 1. The second-order valence-corrected chi connectivity index (χ2v) is 10.3. The van der Waals surface area contributed by atoms with E-state index >= 15 is 0 Å². The number of nitrogens with zero attached hydrogens (tertiary/aromatic N) is 3. The highest BCUT2D eigenvalue weighted by Gasteiger charge is 2.22. The normalized spacial score (nSPS) is 15.0. The average Bonchev–Trinajstić information content (AvgIpc) is 2.90. The Bertz CT molecular complexity index is 1480. The summed E-state index contributed by atoms with van der Waals surface area (Å²) in [5.41, 5.74) is 7.60. The topological polar surface area (TPSA) is 102 Å². The zero-order chi connectivity index (χ0) is 27.1. The molecule has 0 aliphatic carbocycles. The maximum atomic E-state index is 13.5. The van der Waals surface area contributed by atoms with E-state index < -0.39 is 11.2 Å². The molecule has 1 aliphatic heterocycles. The minimum Gasteiger partial charge on any atom is -0.356 e. The lowest BCUT2D eigenvalue weighted by Crippen LogP contribution is -2.48. The number of halogens is 1. The Labute approximate surface area is 230 Å². The highest BCUT2D eigenvalue weighted by Crippen LogP contribution is 2.17. The van der Waals surface area contributed by atoms with E-state index in [4.69, 9.17) is 5.73 Å². The van der Waals surface area contributed by atoms with Gasteiger partial charge in [-0.2, -0.15) is 0 Å². The van der Waals surface area contributed by atoms with Crippen molar-refractivity contribution in [2.24, 2.45) is 5.73 Å². The minimum absolute atomic E-state index is 0.00422. The van der Waals surface area contributed by atoms with Gasteiger partial charge in [-0.3, -0.25) is 18.7 Å². The number of hydrogen-bond acceptors (Lipinski definition) is 5. The summed E-state index contributed by atoms with van der Waals surface area (Å²) >= 11 is 3.46. The standard InChI is InChI=1S/C29H32BrN5O3/c1-2-3-15-34-26(33-14-6-11-25(31)20-33)18-27(36)35(29(34)38)19-22-8-4-9-23(16-22)28(37)32-13-12-21-7-5-10-24(30)17-21/h4-5,7-10,16-18,25H,6,11-15,19-20,31H2,1H3,(H,32,37)/t25-/m1/s1. The summed E-state index contributed by atoms with van der Waals surface area (Å²) in [7, 11) is 0. The van der Waals surface area contributed by atoms with E-state index in [1.807, 2.05) is 29.2 Å². The highest BCUT2D eigenvalue weighted by molar-refractivity contribution is 9.10. The lowest BCUT2D eigenvalue weighted by atomic mass is 10.1.